The molecule has 208 valence electrons. The number of carbonyl (C=O) groups is 3. The number of nitrogens with one attached hydrogen (secondary N) is 1. The zero-order valence-electron chi connectivity index (χ0n) is 23.0. The van der Waals surface area contributed by atoms with Gasteiger partial charge in [0.05, 0.1) is 25.7 Å². The predicted molar refractivity (Wildman–Crippen MR) is 148 cm³/mol. The third kappa shape index (κ3) is 5.75. The number of ether oxygens (including phenoxy) is 2. The molecule has 1 saturated carbocycles. The molecule has 2 aliphatic heterocycles. The molecule has 2 aromatic rings. The average molecular weight is 534 g/mol. The van der Waals surface area contributed by atoms with Crippen molar-refractivity contribution in [3.8, 4) is 11.5 Å². The molecule has 0 aromatic heterocycles. The Labute approximate surface area is 230 Å². The molecule has 2 unspecified atom stereocenters. The molecule has 2 saturated heterocycles. The van der Waals surface area contributed by atoms with Gasteiger partial charge in [-0.2, -0.15) is 0 Å². The van der Waals surface area contributed by atoms with Gasteiger partial charge in [-0.3, -0.25) is 14.4 Å². The number of likely N-dealkylation sites (tertiary alicyclic amines) is 2. The zero-order valence-corrected chi connectivity index (χ0v) is 23.0. The van der Waals surface area contributed by atoms with E-state index in [1.54, 1.807) is 44.6 Å². The Bertz CT molecular complexity index is 1190. The maximum absolute atomic E-state index is 13.7. The molecule has 2 atom stereocenters. The Hall–Kier alpha value is -3.55. The van der Waals surface area contributed by atoms with Gasteiger partial charge in [-0.25, -0.2) is 0 Å². The van der Waals surface area contributed by atoms with Crippen LogP contribution in [0.1, 0.15) is 65.7 Å². The van der Waals surface area contributed by atoms with Crippen molar-refractivity contribution in [1.82, 2.24) is 15.1 Å². The number of carbonyl (C=O) groups excluding carboxylic acids is 3. The first-order valence-electron chi connectivity index (χ1n) is 14.1. The Morgan fingerprint density at radius 3 is 2.26 bits per heavy atom. The van der Waals surface area contributed by atoms with Crippen LogP contribution < -0.4 is 14.8 Å². The van der Waals surface area contributed by atoms with E-state index in [9.17, 15) is 14.4 Å². The summed E-state index contributed by atoms with van der Waals surface area (Å²) in [7, 11) is 3.15. The minimum Gasteiger partial charge on any atom is -0.497 e. The van der Waals surface area contributed by atoms with Crippen molar-refractivity contribution in [3.63, 3.8) is 0 Å². The maximum Gasteiger partial charge on any atom is 0.257 e. The van der Waals surface area contributed by atoms with Crippen LogP contribution in [0.5, 0.6) is 11.5 Å². The lowest BCUT2D eigenvalue weighted by atomic mass is 9.77. The first-order chi connectivity index (χ1) is 18.9. The summed E-state index contributed by atoms with van der Waals surface area (Å²) < 4.78 is 10.7. The molecule has 2 heterocycles. The van der Waals surface area contributed by atoms with Gasteiger partial charge in [0.25, 0.3) is 11.8 Å². The largest absolute Gasteiger partial charge is 0.497 e. The second-order valence-corrected chi connectivity index (χ2v) is 11.2. The minimum absolute atomic E-state index is 0.0440. The molecule has 3 fully saturated rings. The lowest BCUT2D eigenvalue weighted by Crippen LogP contribution is -2.50. The van der Waals surface area contributed by atoms with E-state index >= 15 is 0 Å². The lowest BCUT2D eigenvalue weighted by Gasteiger charge is -2.40. The first-order valence-corrected chi connectivity index (χ1v) is 14.1. The fourth-order valence-electron chi connectivity index (χ4n) is 6.54. The molecule has 8 nitrogen and oxygen atoms in total. The molecule has 2 aromatic carbocycles. The fourth-order valence-corrected chi connectivity index (χ4v) is 6.54. The Kier molecular flexibility index (Phi) is 8.10. The van der Waals surface area contributed by atoms with Gasteiger partial charge >= 0.3 is 0 Å². The summed E-state index contributed by atoms with van der Waals surface area (Å²) in [6, 6.07) is 14.4. The standard InChI is InChI=1S/C31H39N3O5/c1-38-23-12-13-27(39-2)25(20-23)30(37)33-17-14-31(15-18-33)16-19-34(21-31)29(36)24-10-6-7-11-26(24)32-28(35)22-8-4-3-5-9-22/h3-5,8-9,12-13,20,24,26H,6-7,10-11,14-19,21H2,1-2H3,(H,32,35). The van der Waals surface area contributed by atoms with Crippen LogP contribution >= 0.6 is 0 Å². The van der Waals surface area contributed by atoms with E-state index in [0.717, 1.165) is 58.0 Å². The Morgan fingerprint density at radius 2 is 1.56 bits per heavy atom. The normalized spacial score (nSPS) is 22.4. The van der Waals surface area contributed by atoms with Crippen LogP contribution in [0.2, 0.25) is 0 Å². The van der Waals surface area contributed by atoms with Crippen molar-refractivity contribution in [2.24, 2.45) is 11.3 Å². The van der Waals surface area contributed by atoms with E-state index in [1.165, 1.54) is 0 Å². The second kappa shape index (κ2) is 11.7. The van der Waals surface area contributed by atoms with Crippen LogP contribution in [0.4, 0.5) is 0 Å². The van der Waals surface area contributed by atoms with Crippen LogP contribution in [0.3, 0.4) is 0 Å². The van der Waals surface area contributed by atoms with E-state index in [0.29, 0.717) is 35.7 Å². The summed E-state index contributed by atoms with van der Waals surface area (Å²) in [5.74, 6) is 1.00. The topological polar surface area (TPSA) is 88.2 Å². The van der Waals surface area contributed by atoms with Crippen molar-refractivity contribution in [2.45, 2.75) is 51.0 Å². The number of benzene rings is 2. The Morgan fingerprint density at radius 1 is 0.872 bits per heavy atom. The SMILES string of the molecule is COc1ccc(OC)c(C(=O)N2CCC3(CC2)CCN(C(=O)C2CCCCC2NC(=O)c2ccccc2)C3)c1. The van der Waals surface area contributed by atoms with Gasteiger partial charge in [0.2, 0.25) is 5.91 Å². The molecule has 0 radical (unpaired) electrons. The predicted octanol–water partition coefficient (Wildman–Crippen LogP) is 4.15. The summed E-state index contributed by atoms with van der Waals surface area (Å²) in [6.07, 6.45) is 6.37. The van der Waals surface area contributed by atoms with Crippen LogP contribution in [0, 0.1) is 11.3 Å². The van der Waals surface area contributed by atoms with E-state index in [4.69, 9.17) is 9.47 Å². The molecule has 5 rings (SSSR count). The number of hydrogen-bond donors (Lipinski definition) is 1. The number of rotatable bonds is 6. The smallest absolute Gasteiger partial charge is 0.257 e. The van der Waals surface area contributed by atoms with Crippen LogP contribution in [0.25, 0.3) is 0 Å². The van der Waals surface area contributed by atoms with Gasteiger partial charge in [0.15, 0.2) is 0 Å². The van der Waals surface area contributed by atoms with Crippen molar-refractivity contribution in [2.75, 3.05) is 40.4 Å². The molecule has 1 aliphatic carbocycles. The number of amides is 3. The van der Waals surface area contributed by atoms with Gasteiger partial charge in [-0.1, -0.05) is 31.0 Å². The third-order valence-corrected chi connectivity index (χ3v) is 8.93. The van der Waals surface area contributed by atoms with Gasteiger partial charge in [-0.05, 0) is 67.9 Å². The highest BCUT2D eigenvalue weighted by molar-refractivity contribution is 5.97. The number of piperidine rings is 1. The van der Waals surface area contributed by atoms with Gasteiger partial charge < -0.3 is 24.6 Å². The first kappa shape index (κ1) is 27.0. The summed E-state index contributed by atoms with van der Waals surface area (Å²) in [6.45, 7) is 2.78. The summed E-state index contributed by atoms with van der Waals surface area (Å²) in [5.41, 5.74) is 1.18. The van der Waals surface area contributed by atoms with Crippen molar-refractivity contribution in [1.29, 1.82) is 0 Å². The van der Waals surface area contributed by atoms with Gasteiger partial charge in [0.1, 0.15) is 11.5 Å². The fraction of sp³-hybridized carbons (Fsp3) is 0.516. The lowest BCUT2D eigenvalue weighted by molar-refractivity contribution is -0.136. The molecule has 0 bridgehead atoms. The molecule has 1 spiro atoms. The number of nitrogens with zero attached hydrogens (tertiary/aromatic N) is 2. The van der Waals surface area contributed by atoms with Crippen molar-refractivity contribution in [3.05, 3.63) is 59.7 Å². The van der Waals surface area contributed by atoms with Crippen LogP contribution in [-0.2, 0) is 4.79 Å². The molecular weight excluding hydrogens is 494 g/mol. The molecule has 1 N–H and O–H groups in total. The number of hydrogen-bond acceptors (Lipinski definition) is 5. The molecule has 8 heteroatoms. The summed E-state index contributed by atoms with van der Waals surface area (Å²) in [5, 5.41) is 3.16. The van der Waals surface area contributed by atoms with E-state index in [1.807, 2.05) is 28.0 Å². The van der Waals surface area contributed by atoms with Crippen LogP contribution in [-0.4, -0.2) is 74.0 Å². The minimum atomic E-state index is -0.177. The highest BCUT2D eigenvalue weighted by Gasteiger charge is 2.45. The highest BCUT2D eigenvalue weighted by atomic mass is 16.5. The molecule has 39 heavy (non-hydrogen) atoms. The Balaban J connectivity index is 1.19. The third-order valence-electron chi connectivity index (χ3n) is 8.93. The average Bonchev–Trinajstić information content (AvgIpc) is 3.40. The van der Waals surface area contributed by atoms with Crippen molar-refractivity contribution < 1.29 is 23.9 Å². The summed E-state index contributed by atoms with van der Waals surface area (Å²) >= 11 is 0. The summed E-state index contributed by atoms with van der Waals surface area (Å²) in [4.78, 5) is 43.8. The monoisotopic (exact) mass is 533 g/mol. The van der Waals surface area contributed by atoms with E-state index in [2.05, 4.69) is 5.32 Å². The van der Waals surface area contributed by atoms with Gasteiger partial charge in [0, 0.05) is 37.8 Å². The van der Waals surface area contributed by atoms with Crippen molar-refractivity contribution >= 4 is 17.7 Å². The zero-order chi connectivity index (χ0) is 27.4. The number of methoxy groups -OCH3 is 2. The van der Waals surface area contributed by atoms with Gasteiger partial charge in [-0.15, -0.1) is 0 Å². The quantitative estimate of drug-likeness (QED) is 0.603. The molecule has 3 aliphatic rings. The van der Waals surface area contributed by atoms with E-state index in [-0.39, 0.29) is 35.1 Å². The maximum atomic E-state index is 13.7. The molecular formula is C31H39N3O5. The van der Waals surface area contributed by atoms with Crippen LogP contribution in [0.15, 0.2) is 48.5 Å². The molecule has 3 amide bonds. The second-order valence-electron chi connectivity index (χ2n) is 11.2. The van der Waals surface area contributed by atoms with E-state index < -0.39 is 0 Å². The highest BCUT2D eigenvalue weighted by Crippen LogP contribution is 2.42.